The summed E-state index contributed by atoms with van der Waals surface area (Å²) in [6.07, 6.45) is 7.38. The Morgan fingerprint density at radius 2 is 2.62 bits per heavy atom. The zero-order chi connectivity index (χ0) is 9.68. The standard InChI is InChI=1S/C9H16N4/c1-3-4-5-8(12-10)9-6-11-7-13(9)2/h3,6-8,12H,1,4-5,10H2,2H3. The summed E-state index contributed by atoms with van der Waals surface area (Å²) in [5.74, 6) is 5.45. The van der Waals surface area contributed by atoms with E-state index >= 15 is 0 Å². The van der Waals surface area contributed by atoms with E-state index in [4.69, 9.17) is 5.84 Å². The lowest BCUT2D eigenvalue weighted by atomic mass is 10.1. The molecule has 0 aliphatic rings. The molecule has 4 nitrogen and oxygen atoms in total. The van der Waals surface area contributed by atoms with Crippen LogP contribution in [0.2, 0.25) is 0 Å². The lowest BCUT2D eigenvalue weighted by Gasteiger charge is -2.14. The smallest absolute Gasteiger partial charge is 0.0946 e. The largest absolute Gasteiger partial charge is 0.336 e. The minimum absolute atomic E-state index is 0.158. The first kappa shape index (κ1) is 9.95. The molecule has 1 rings (SSSR count). The average molecular weight is 180 g/mol. The van der Waals surface area contributed by atoms with Crippen LogP contribution in [0.15, 0.2) is 25.2 Å². The molecule has 0 saturated carbocycles. The predicted molar refractivity (Wildman–Crippen MR) is 52.7 cm³/mol. The number of aromatic nitrogens is 2. The highest BCUT2D eigenvalue weighted by atomic mass is 15.2. The first-order valence-electron chi connectivity index (χ1n) is 4.32. The summed E-state index contributed by atoms with van der Waals surface area (Å²) < 4.78 is 1.97. The Hall–Kier alpha value is -1.13. The second-order valence-corrected chi connectivity index (χ2v) is 3.01. The summed E-state index contributed by atoms with van der Waals surface area (Å²) in [4.78, 5) is 4.04. The second kappa shape index (κ2) is 4.79. The van der Waals surface area contributed by atoms with E-state index in [9.17, 15) is 0 Å². The molecular weight excluding hydrogens is 164 g/mol. The van der Waals surface area contributed by atoms with E-state index < -0.39 is 0 Å². The van der Waals surface area contributed by atoms with Gasteiger partial charge in [0.05, 0.1) is 18.1 Å². The number of hydrazine groups is 1. The van der Waals surface area contributed by atoms with Gasteiger partial charge >= 0.3 is 0 Å². The van der Waals surface area contributed by atoms with Crippen molar-refractivity contribution in [2.75, 3.05) is 0 Å². The van der Waals surface area contributed by atoms with Crippen molar-refractivity contribution < 1.29 is 0 Å². The third kappa shape index (κ3) is 2.40. The fourth-order valence-corrected chi connectivity index (χ4v) is 1.30. The van der Waals surface area contributed by atoms with Crippen LogP contribution >= 0.6 is 0 Å². The topological polar surface area (TPSA) is 55.9 Å². The molecule has 72 valence electrons. The Labute approximate surface area is 78.4 Å². The van der Waals surface area contributed by atoms with E-state index in [0.29, 0.717) is 0 Å². The summed E-state index contributed by atoms with van der Waals surface area (Å²) >= 11 is 0. The minimum atomic E-state index is 0.158. The van der Waals surface area contributed by atoms with Gasteiger partial charge in [0.15, 0.2) is 0 Å². The monoisotopic (exact) mass is 180 g/mol. The number of hydrogen-bond acceptors (Lipinski definition) is 3. The van der Waals surface area contributed by atoms with Crippen molar-refractivity contribution in [2.45, 2.75) is 18.9 Å². The van der Waals surface area contributed by atoms with E-state index in [2.05, 4.69) is 17.0 Å². The Balaban J connectivity index is 2.66. The molecule has 1 aromatic heterocycles. The van der Waals surface area contributed by atoms with Gasteiger partial charge in [-0.05, 0) is 12.8 Å². The Bertz CT molecular complexity index is 266. The van der Waals surface area contributed by atoms with Crippen LogP contribution in [0.5, 0.6) is 0 Å². The average Bonchev–Trinajstić information content (AvgIpc) is 2.54. The lowest BCUT2D eigenvalue weighted by molar-refractivity contribution is 0.494. The van der Waals surface area contributed by atoms with Crippen LogP contribution in [-0.2, 0) is 7.05 Å². The molecule has 1 unspecified atom stereocenters. The molecule has 4 heteroatoms. The van der Waals surface area contributed by atoms with Gasteiger partial charge in [0.1, 0.15) is 0 Å². The van der Waals surface area contributed by atoms with Crippen molar-refractivity contribution in [3.05, 3.63) is 30.9 Å². The van der Waals surface area contributed by atoms with Crippen molar-refractivity contribution in [1.82, 2.24) is 15.0 Å². The minimum Gasteiger partial charge on any atom is -0.336 e. The highest BCUT2D eigenvalue weighted by Crippen LogP contribution is 2.16. The highest BCUT2D eigenvalue weighted by molar-refractivity contribution is 5.04. The van der Waals surface area contributed by atoms with Crippen molar-refractivity contribution in [2.24, 2.45) is 12.9 Å². The van der Waals surface area contributed by atoms with E-state index in [0.717, 1.165) is 18.5 Å². The number of allylic oxidation sites excluding steroid dienone is 1. The summed E-state index contributed by atoms with van der Waals surface area (Å²) in [5.41, 5.74) is 3.87. The van der Waals surface area contributed by atoms with Crippen molar-refractivity contribution in [3.8, 4) is 0 Å². The molecule has 0 aliphatic heterocycles. The molecule has 0 amide bonds. The van der Waals surface area contributed by atoms with Gasteiger partial charge in [-0.3, -0.25) is 11.3 Å². The molecule has 0 aliphatic carbocycles. The second-order valence-electron chi connectivity index (χ2n) is 3.01. The fourth-order valence-electron chi connectivity index (χ4n) is 1.30. The van der Waals surface area contributed by atoms with Crippen LogP contribution in [-0.4, -0.2) is 9.55 Å². The van der Waals surface area contributed by atoms with E-state index in [-0.39, 0.29) is 6.04 Å². The maximum Gasteiger partial charge on any atom is 0.0946 e. The molecule has 1 aromatic rings. The molecule has 0 bridgehead atoms. The van der Waals surface area contributed by atoms with Crippen molar-refractivity contribution in [1.29, 1.82) is 0 Å². The number of aryl methyl sites for hydroxylation is 1. The molecular formula is C9H16N4. The van der Waals surface area contributed by atoms with Crippen molar-refractivity contribution >= 4 is 0 Å². The van der Waals surface area contributed by atoms with Crippen LogP contribution < -0.4 is 11.3 Å². The molecule has 1 heterocycles. The first-order valence-corrected chi connectivity index (χ1v) is 4.32. The molecule has 0 radical (unpaired) electrons. The van der Waals surface area contributed by atoms with Crippen molar-refractivity contribution in [3.63, 3.8) is 0 Å². The Morgan fingerprint density at radius 1 is 1.85 bits per heavy atom. The predicted octanol–water partition coefficient (Wildman–Crippen LogP) is 0.891. The number of nitrogens with zero attached hydrogens (tertiary/aromatic N) is 2. The molecule has 0 fully saturated rings. The maximum atomic E-state index is 5.45. The number of imidazole rings is 1. The van der Waals surface area contributed by atoms with Gasteiger partial charge in [-0.25, -0.2) is 4.98 Å². The third-order valence-corrected chi connectivity index (χ3v) is 2.07. The van der Waals surface area contributed by atoms with Gasteiger partial charge in [-0.2, -0.15) is 0 Å². The molecule has 3 N–H and O–H groups in total. The SMILES string of the molecule is C=CCCC(NN)c1cncn1C. The van der Waals surface area contributed by atoms with Gasteiger partial charge < -0.3 is 4.57 Å². The zero-order valence-electron chi connectivity index (χ0n) is 7.90. The summed E-state index contributed by atoms with van der Waals surface area (Å²) in [5, 5.41) is 0. The lowest BCUT2D eigenvalue weighted by Crippen LogP contribution is -2.29. The van der Waals surface area contributed by atoms with Gasteiger partial charge in [0.2, 0.25) is 0 Å². The Kier molecular flexibility index (Phi) is 3.67. The van der Waals surface area contributed by atoms with E-state index in [1.54, 1.807) is 6.33 Å². The normalized spacial score (nSPS) is 12.8. The summed E-state index contributed by atoms with van der Waals surface area (Å²) in [7, 11) is 1.96. The number of nitrogens with one attached hydrogen (secondary N) is 1. The first-order chi connectivity index (χ1) is 6.29. The van der Waals surface area contributed by atoms with Crippen LogP contribution in [0.1, 0.15) is 24.6 Å². The number of rotatable bonds is 5. The number of hydrogen-bond donors (Lipinski definition) is 2. The van der Waals surface area contributed by atoms with Crippen LogP contribution in [0.25, 0.3) is 0 Å². The number of nitrogens with two attached hydrogens (primary N) is 1. The zero-order valence-corrected chi connectivity index (χ0v) is 7.90. The van der Waals surface area contributed by atoms with Gasteiger partial charge in [0, 0.05) is 13.2 Å². The maximum absolute atomic E-state index is 5.45. The molecule has 0 spiro atoms. The molecule has 0 saturated heterocycles. The quantitative estimate of drug-likeness (QED) is 0.402. The molecule has 1 atom stereocenters. The van der Waals surface area contributed by atoms with E-state index in [1.165, 1.54) is 0 Å². The van der Waals surface area contributed by atoms with E-state index in [1.807, 2.05) is 23.9 Å². The highest BCUT2D eigenvalue weighted by Gasteiger charge is 2.11. The van der Waals surface area contributed by atoms with Gasteiger partial charge in [-0.1, -0.05) is 6.08 Å². The van der Waals surface area contributed by atoms with Crippen LogP contribution in [0, 0.1) is 0 Å². The Morgan fingerprint density at radius 3 is 3.08 bits per heavy atom. The summed E-state index contributed by atoms with van der Waals surface area (Å²) in [6.45, 7) is 3.68. The molecule has 0 aromatic carbocycles. The van der Waals surface area contributed by atoms with Gasteiger partial charge in [0.25, 0.3) is 0 Å². The summed E-state index contributed by atoms with van der Waals surface area (Å²) in [6, 6.07) is 0.158. The van der Waals surface area contributed by atoms with Gasteiger partial charge in [-0.15, -0.1) is 6.58 Å². The molecule has 13 heavy (non-hydrogen) atoms. The van der Waals surface area contributed by atoms with Crippen LogP contribution in [0.3, 0.4) is 0 Å². The third-order valence-electron chi connectivity index (χ3n) is 2.07. The van der Waals surface area contributed by atoms with Crippen LogP contribution in [0.4, 0.5) is 0 Å². The fraction of sp³-hybridized carbons (Fsp3) is 0.444.